The van der Waals surface area contributed by atoms with Crippen LogP contribution in [0.15, 0.2) is 29.3 Å². The summed E-state index contributed by atoms with van der Waals surface area (Å²) in [6.45, 7) is 1.91. The van der Waals surface area contributed by atoms with Crippen molar-refractivity contribution >= 4 is 27.5 Å². The van der Waals surface area contributed by atoms with Gasteiger partial charge in [0.25, 0.3) is 5.91 Å². The van der Waals surface area contributed by atoms with Crippen LogP contribution in [-0.2, 0) is 7.05 Å². The van der Waals surface area contributed by atoms with Crippen molar-refractivity contribution in [3.8, 4) is 0 Å². The maximum Gasteiger partial charge on any atom is 0.258 e. The molecular formula is C11H11BrN4O. The third-order valence-corrected chi connectivity index (χ3v) is 3.07. The number of hydrogen-bond donors (Lipinski definition) is 1. The summed E-state index contributed by atoms with van der Waals surface area (Å²) in [5.41, 5.74) is 2.15. The first-order valence-electron chi connectivity index (χ1n) is 4.98. The molecule has 0 radical (unpaired) electrons. The van der Waals surface area contributed by atoms with E-state index in [9.17, 15) is 4.79 Å². The molecule has 0 aliphatic rings. The van der Waals surface area contributed by atoms with Crippen LogP contribution >= 0.6 is 15.9 Å². The predicted octanol–water partition coefficient (Wildman–Crippen LogP) is 2.14. The number of aromatic nitrogens is 3. The highest BCUT2D eigenvalue weighted by Gasteiger charge is 2.08. The molecule has 0 aliphatic carbocycles. The number of anilines is 1. The Balaban J connectivity index is 2.15. The van der Waals surface area contributed by atoms with Gasteiger partial charge in [0, 0.05) is 13.2 Å². The number of carbonyl (C=O) groups is 1. The molecular weight excluding hydrogens is 284 g/mol. The first kappa shape index (κ1) is 11.8. The molecule has 5 nitrogen and oxygen atoms in total. The van der Waals surface area contributed by atoms with Gasteiger partial charge in [-0.25, -0.2) is 4.98 Å². The van der Waals surface area contributed by atoms with E-state index in [4.69, 9.17) is 0 Å². The second-order valence-electron chi connectivity index (χ2n) is 3.69. The topological polar surface area (TPSA) is 59.8 Å². The van der Waals surface area contributed by atoms with Crippen molar-refractivity contribution < 1.29 is 4.79 Å². The van der Waals surface area contributed by atoms with Crippen LogP contribution in [0.4, 0.5) is 5.69 Å². The second kappa shape index (κ2) is 4.67. The quantitative estimate of drug-likeness (QED) is 0.863. The van der Waals surface area contributed by atoms with E-state index < -0.39 is 0 Å². The van der Waals surface area contributed by atoms with Gasteiger partial charge in [-0.3, -0.25) is 9.48 Å². The molecule has 17 heavy (non-hydrogen) atoms. The normalized spacial score (nSPS) is 10.3. The lowest BCUT2D eigenvalue weighted by molar-refractivity contribution is 0.102. The molecule has 1 N–H and O–H groups in total. The zero-order chi connectivity index (χ0) is 12.4. The first-order valence-corrected chi connectivity index (χ1v) is 5.77. The summed E-state index contributed by atoms with van der Waals surface area (Å²) in [4.78, 5) is 15.9. The SMILES string of the molecule is Cc1cc(NC(=O)c2cnn(C)c2)cnc1Br. The zero-order valence-corrected chi connectivity index (χ0v) is 11.0. The van der Waals surface area contributed by atoms with Gasteiger partial charge < -0.3 is 5.32 Å². The van der Waals surface area contributed by atoms with Gasteiger partial charge in [0.1, 0.15) is 4.60 Å². The number of rotatable bonds is 2. The summed E-state index contributed by atoms with van der Waals surface area (Å²) in [7, 11) is 1.77. The van der Waals surface area contributed by atoms with E-state index in [1.54, 1.807) is 24.1 Å². The fourth-order valence-corrected chi connectivity index (χ4v) is 1.59. The number of carbonyl (C=O) groups excluding carboxylic acids is 1. The fourth-order valence-electron chi connectivity index (χ4n) is 1.37. The Morgan fingerprint density at radius 3 is 2.82 bits per heavy atom. The Morgan fingerprint density at radius 2 is 2.24 bits per heavy atom. The molecule has 2 heterocycles. The van der Waals surface area contributed by atoms with Crippen molar-refractivity contribution in [2.45, 2.75) is 6.92 Å². The molecule has 2 aromatic heterocycles. The number of pyridine rings is 1. The zero-order valence-electron chi connectivity index (χ0n) is 9.44. The first-order chi connectivity index (χ1) is 8.06. The molecule has 0 saturated heterocycles. The maximum atomic E-state index is 11.8. The number of amides is 1. The lowest BCUT2D eigenvalue weighted by Crippen LogP contribution is -2.11. The third kappa shape index (κ3) is 2.71. The molecule has 0 bridgehead atoms. The van der Waals surface area contributed by atoms with Gasteiger partial charge in [-0.2, -0.15) is 5.10 Å². The molecule has 0 aliphatic heterocycles. The molecule has 0 unspecified atom stereocenters. The number of hydrogen-bond acceptors (Lipinski definition) is 3. The van der Waals surface area contributed by atoms with Crippen LogP contribution in [-0.4, -0.2) is 20.7 Å². The summed E-state index contributed by atoms with van der Waals surface area (Å²) >= 11 is 3.31. The summed E-state index contributed by atoms with van der Waals surface area (Å²) in [5, 5.41) is 6.71. The van der Waals surface area contributed by atoms with Gasteiger partial charge >= 0.3 is 0 Å². The Hall–Kier alpha value is -1.69. The van der Waals surface area contributed by atoms with Crippen LogP contribution in [0.1, 0.15) is 15.9 Å². The fraction of sp³-hybridized carbons (Fsp3) is 0.182. The highest BCUT2D eigenvalue weighted by Crippen LogP contribution is 2.17. The Morgan fingerprint density at radius 1 is 1.47 bits per heavy atom. The van der Waals surface area contributed by atoms with Gasteiger partial charge in [-0.05, 0) is 34.5 Å². The van der Waals surface area contributed by atoms with E-state index in [0.717, 1.165) is 10.2 Å². The van der Waals surface area contributed by atoms with Crippen LogP contribution in [0.3, 0.4) is 0 Å². The lowest BCUT2D eigenvalue weighted by atomic mass is 10.3. The second-order valence-corrected chi connectivity index (χ2v) is 4.44. The summed E-state index contributed by atoms with van der Waals surface area (Å²) in [5.74, 6) is -0.193. The van der Waals surface area contributed by atoms with Crippen LogP contribution in [0.5, 0.6) is 0 Å². The van der Waals surface area contributed by atoms with Crippen molar-refractivity contribution in [3.63, 3.8) is 0 Å². The van der Waals surface area contributed by atoms with E-state index in [-0.39, 0.29) is 5.91 Å². The molecule has 88 valence electrons. The minimum absolute atomic E-state index is 0.193. The van der Waals surface area contributed by atoms with Crippen molar-refractivity contribution in [1.82, 2.24) is 14.8 Å². The highest BCUT2D eigenvalue weighted by molar-refractivity contribution is 9.10. The molecule has 0 atom stereocenters. The standard InChI is InChI=1S/C11H11BrN4O/c1-7-3-9(5-13-10(7)12)15-11(17)8-4-14-16(2)6-8/h3-6H,1-2H3,(H,15,17). The van der Waals surface area contributed by atoms with Gasteiger partial charge in [-0.1, -0.05) is 0 Å². The summed E-state index contributed by atoms with van der Waals surface area (Å²) < 4.78 is 2.36. The number of nitrogens with zero attached hydrogens (tertiary/aromatic N) is 3. The van der Waals surface area contributed by atoms with E-state index in [1.165, 1.54) is 6.20 Å². The molecule has 2 aromatic rings. The largest absolute Gasteiger partial charge is 0.320 e. The predicted molar refractivity (Wildman–Crippen MR) is 67.8 cm³/mol. The maximum absolute atomic E-state index is 11.8. The minimum atomic E-state index is -0.193. The van der Waals surface area contributed by atoms with Crippen LogP contribution in [0.2, 0.25) is 0 Å². The summed E-state index contributed by atoms with van der Waals surface area (Å²) in [6, 6.07) is 1.85. The van der Waals surface area contributed by atoms with Crippen LogP contribution in [0.25, 0.3) is 0 Å². The molecule has 0 spiro atoms. The average molecular weight is 295 g/mol. The Kier molecular flexibility index (Phi) is 3.23. The smallest absolute Gasteiger partial charge is 0.258 e. The molecule has 2 rings (SSSR count). The van der Waals surface area contributed by atoms with Gasteiger partial charge in [0.05, 0.1) is 23.6 Å². The van der Waals surface area contributed by atoms with Gasteiger partial charge in [0.2, 0.25) is 0 Å². The third-order valence-electron chi connectivity index (χ3n) is 2.24. The molecule has 0 saturated carbocycles. The van der Waals surface area contributed by atoms with E-state index >= 15 is 0 Å². The number of aryl methyl sites for hydroxylation is 2. The average Bonchev–Trinajstić information content (AvgIpc) is 2.70. The van der Waals surface area contributed by atoms with Crippen molar-refractivity contribution in [3.05, 3.63) is 40.4 Å². The summed E-state index contributed by atoms with van der Waals surface area (Å²) in [6.07, 6.45) is 4.79. The van der Waals surface area contributed by atoms with E-state index in [0.29, 0.717) is 11.3 Å². The highest BCUT2D eigenvalue weighted by atomic mass is 79.9. The van der Waals surface area contributed by atoms with Gasteiger partial charge in [-0.15, -0.1) is 0 Å². The monoisotopic (exact) mass is 294 g/mol. The van der Waals surface area contributed by atoms with Crippen LogP contribution < -0.4 is 5.32 Å². The molecule has 0 fully saturated rings. The van der Waals surface area contributed by atoms with Crippen molar-refractivity contribution in [2.24, 2.45) is 7.05 Å². The number of nitrogens with one attached hydrogen (secondary N) is 1. The Labute approximate surface area is 107 Å². The minimum Gasteiger partial charge on any atom is -0.320 e. The van der Waals surface area contributed by atoms with Crippen molar-refractivity contribution in [1.29, 1.82) is 0 Å². The van der Waals surface area contributed by atoms with Crippen LogP contribution in [0, 0.1) is 6.92 Å². The Bertz CT molecular complexity index is 564. The molecule has 6 heteroatoms. The number of halogens is 1. The molecule has 0 aromatic carbocycles. The van der Waals surface area contributed by atoms with Crippen molar-refractivity contribution in [2.75, 3.05) is 5.32 Å². The lowest BCUT2D eigenvalue weighted by Gasteiger charge is -2.04. The van der Waals surface area contributed by atoms with Gasteiger partial charge in [0.15, 0.2) is 0 Å². The molecule has 1 amide bonds. The van der Waals surface area contributed by atoms with E-state index in [1.807, 2.05) is 13.0 Å². The van der Waals surface area contributed by atoms with E-state index in [2.05, 4.69) is 31.3 Å².